The predicted molar refractivity (Wildman–Crippen MR) is 110 cm³/mol. The molecule has 9 heteroatoms. The van der Waals surface area contributed by atoms with Gasteiger partial charge in [-0.25, -0.2) is 0 Å². The van der Waals surface area contributed by atoms with E-state index < -0.39 is 0 Å². The summed E-state index contributed by atoms with van der Waals surface area (Å²) in [5, 5.41) is 16.3. The zero-order valence-electron chi connectivity index (χ0n) is 15.6. The second kappa shape index (κ2) is 8.70. The molecule has 3 aromatic heterocycles. The lowest BCUT2D eigenvalue weighted by Gasteiger charge is -2.06. The van der Waals surface area contributed by atoms with Crippen LogP contribution in [0, 0.1) is 0 Å². The zero-order valence-corrected chi connectivity index (χ0v) is 16.5. The van der Waals surface area contributed by atoms with Crippen molar-refractivity contribution in [3.63, 3.8) is 0 Å². The van der Waals surface area contributed by atoms with Crippen LogP contribution in [0.3, 0.4) is 0 Å². The lowest BCUT2D eigenvalue weighted by atomic mass is 10.2. The molecule has 0 aliphatic carbocycles. The number of benzene rings is 1. The van der Waals surface area contributed by atoms with Gasteiger partial charge in [-0.2, -0.15) is 9.61 Å². The van der Waals surface area contributed by atoms with E-state index in [4.69, 9.17) is 4.74 Å². The Hall–Kier alpha value is -3.46. The van der Waals surface area contributed by atoms with E-state index in [-0.39, 0.29) is 11.7 Å². The monoisotopic (exact) mass is 406 g/mol. The van der Waals surface area contributed by atoms with Crippen LogP contribution in [0.5, 0.6) is 5.75 Å². The quantitative estimate of drug-likeness (QED) is 0.472. The highest BCUT2D eigenvalue weighted by molar-refractivity contribution is 7.99. The molecule has 0 radical (unpaired) electrons. The Morgan fingerprint density at radius 3 is 2.93 bits per heavy atom. The Morgan fingerprint density at radius 2 is 2.10 bits per heavy atom. The number of pyridine rings is 1. The molecule has 0 aliphatic rings. The Bertz CT molecular complexity index is 1130. The van der Waals surface area contributed by atoms with Crippen molar-refractivity contribution in [3.05, 3.63) is 66.5 Å². The summed E-state index contributed by atoms with van der Waals surface area (Å²) >= 11 is 1.29. The fourth-order valence-corrected chi connectivity index (χ4v) is 3.41. The van der Waals surface area contributed by atoms with E-state index in [1.807, 2.05) is 48.5 Å². The summed E-state index contributed by atoms with van der Waals surface area (Å²) < 4.78 is 6.84. The number of ether oxygens (including phenoxy) is 1. The van der Waals surface area contributed by atoms with Crippen LogP contribution in [0.15, 0.2) is 66.1 Å². The molecular formula is C20H18N6O2S. The third kappa shape index (κ3) is 4.52. The van der Waals surface area contributed by atoms with Crippen molar-refractivity contribution >= 4 is 23.3 Å². The molecule has 1 aromatic carbocycles. The standard InChI is InChI=1S/C20H18N6O2S/c1-28-16-6-2-4-14(10-16)11-22-19(27)13-29-20-24-23-18-8-7-17(25-26(18)20)15-5-3-9-21-12-15/h2-10,12H,11,13H2,1H3,(H,22,27). The number of nitrogens with zero attached hydrogens (tertiary/aromatic N) is 5. The van der Waals surface area contributed by atoms with Crippen LogP contribution in [0.4, 0.5) is 0 Å². The minimum atomic E-state index is -0.0991. The number of nitrogens with one attached hydrogen (secondary N) is 1. The average Bonchev–Trinajstić information content (AvgIpc) is 3.19. The first-order valence-electron chi connectivity index (χ1n) is 8.88. The highest BCUT2D eigenvalue weighted by atomic mass is 32.2. The minimum absolute atomic E-state index is 0.0991. The van der Waals surface area contributed by atoms with Crippen LogP contribution < -0.4 is 10.1 Å². The van der Waals surface area contributed by atoms with Gasteiger partial charge in [0.15, 0.2) is 5.65 Å². The van der Waals surface area contributed by atoms with Gasteiger partial charge in [0.05, 0.1) is 18.6 Å². The topological polar surface area (TPSA) is 94.3 Å². The second-order valence-corrected chi connectivity index (χ2v) is 7.07. The number of methoxy groups -OCH3 is 1. The van der Waals surface area contributed by atoms with E-state index >= 15 is 0 Å². The van der Waals surface area contributed by atoms with Crippen molar-refractivity contribution in [2.24, 2.45) is 0 Å². The fourth-order valence-electron chi connectivity index (χ4n) is 2.69. The molecule has 8 nitrogen and oxygen atoms in total. The molecule has 0 fully saturated rings. The molecule has 4 rings (SSSR count). The van der Waals surface area contributed by atoms with Crippen molar-refractivity contribution in [2.45, 2.75) is 11.7 Å². The van der Waals surface area contributed by atoms with Gasteiger partial charge in [0.2, 0.25) is 11.1 Å². The molecule has 0 bridgehead atoms. The highest BCUT2D eigenvalue weighted by Crippen LogP contribution is 2.20. The number of carbonyl (C=O) groups excluding carboxylic acids is 1. The molecule has 0 unspecified atom stereocenters. The summed E-state index contributed by atoms with van der Waals surface area (Å²) in [6.07, 6.45) is 3.46. The smallest absolute Gasteiger partial charge is 0.230 e. The Kier molecular flexibility index (Phi) is 5.66. The number of amides is 1. The largest absolute Gasteiger partial charge is 0.497 e. The van der Waals surface area contributed by atoms with Crippen LogP contribution in [-0.2, 0) is 11.3 Å². The first-order chi connectivity index (χ1) is 14.2. The number of hydrogen-bond acceptors (Lipinski definition) is 7. The van der Waals surface area contributed by atoms with Crippen molar-refractivity contribution in [3.8, 4) is 17.0 Å². The Balaban J connectivity index is 1.40. The maximum atomic E-state index is 12.2. The van der Waals surface area contributed by atoms with Gasteiger partial charge in [0.25, 0.3) is 0 Å². The van der Waals surface area contributed by atoms with E-state index in [0.29, 0.717) is 17.3 Å². The van der Waals surface area contributed by atoms with E-state index in [0.717, 1.165) is 22.6 Å². The van der Waals surface area contributed by atoms with Gasteiger partial charge in [0, 0.05) is 24.5 Å². The van der Waals surface area contributed by atoms with Crippen molar-refractivity contribution in [1.29, 1.82) is 0 Å². The molecule has 1 amide bonds. The van der Waals surface area contributed by atoms with Gasteiger partial charge in [-0.15, -0.1) is 10.2 Å². The molecule has 0 atom stereocenters. The lowest BCUT2D eigenvalue weighted by molar-refractivity contribution is -0.118. The molecule has 3 heterocycles. The summed E-state index contributed by atoms with van der Waals surface area (Å²) in [6.45, 7) is 0.431. The SMILES string of the molecule is COc1cccc(CNC(=O)CSc2nnc3ccc(-c4cccnc4)nn23)c1. The molecule has 0 saturated heterocycles. The van der Waals surface area contributed by atoms with Gasteiger partial charge in [-0.05, 0) is 42.0 Å². The van der Waals surface area contributed by atoms with E-state index in [1.54, 1.807) is 24.0 Å². The number of aromatic nitrogens is 5. The normalized spacial score (nSPS) is 10.8. The maximum Gasteiger partial charge on any atom is 0.230 e. The molecule has 0 saturated carbocycles. The summed E-state index contributed by atoms with van der Waals surface area (Å²) in [6, 6.07) is 15.1. The minimum Gasteiger partial charge on any atom is -0.497 e. The number of thioether (sulfide) groups is 1. The molecular weight excluding hydrogens is 388 g/mol. The number of fused-ring (bicyclic) bond motifs is 1. The van der Waals surface area contributed by atoms with E-state index in [9.17, 15) is 4.79 Å². The molecule has 0 spiro atoms. The van der Waals surface area contributed by atoms with E-state index in [1.165, 1.54) is 11.8 Å². The molecule has 146 valence electrons. The third-order valence-electron chi connectivity index (χ3n) is 4.15. The van der Waals surface area contributed by atoms with Gasteiger partial charge < -0.3 is 10.1 Å². The van der Waals surface area contributed by atoms with Crippen molar-refractivity contribution < 1.29 is 9.53 Å². The summed E-state index contributed by atoms with van der Waals surface area (Å²) in [5.41, 5.74) is 3.25. The Labute approximate surface area is 171 Å². The summed E-state index contributed by atoms with van der Waals surface area (Å²) in [7, 11) is 1.62. The van der Waals surface area contributed by atoms with Gasteiger partial charge in [0.1, 0.15) is 5.75 Å². The number of rotatable bonds is 7. The third-order valence-corrected chi connectivity index (χ3v) is 5.07. The fraction of sp³-hybridized carbons (Fsp3) is 0.150. The van der Waals surface area contributed by atoms with Crippen molar-refractivity contribution in [1.82, 2.24) is 30.1 Å². The maximum absolute atomic E-state index is 12.2. The first-order valence-corrected chi connectivity index (χ1v) is 9.87. The van der Waals surface area contributed by atoms with Crippen LogP contribution in [0.1, 0.15) is 5.56 Å². The Morgan fingerprint density at radius 1 is 1.17 bits per heavy atom. The molecule has 4 aromatic rings. The van der Waals surface area contributed by atoms with E-state index in [2.05, 4.69) is 25.6 Å². The van der Waals surface area contributed by atoms with Crippen LogP contribution in [0.2, 0.25) is 0 Å². The average molecular weight is 406 g/mol. The van der Waals surface area contributed by atoms with Gasteiger partial charge in [-0.1, -0.05) is 23.9 Å². The van der Waals surface area contributed by atoms with Crippen LogP contribution >= 0.6 is 11.8 Å². The second-order valence-electron chi connectivity index (χ2n) is 6.13. The van der Waals surface area contributed by atoms with Gasteiger partial charge in [-0.3, -0.25) is 9.78 Å². The number of hydrogen-bond donors (Lipinski definition) is 1. The van der Waals surface area contributed by atoms with Gasteiger partial charge >= 0.3 is 0 Å². The lowest BCUT2D eigenvalue weighted by Crippen LogP contribution is -2.24. The van der Waals surface area contributed by atoms with Crippen LogP contribution in [0.25, 0.3) is 16.9 Å². The highest BCUT2D eigenvalue weighted by Gasteiger charge is 2.12. The summed E-state index contributed by atoms with van der Waals surface area (Å²) in [4.78, 5) is 16.4. The molecule has 29 heavy (non-hydrogen) atoms. The summed E-state index contributed by atoms with van der Waals surface area (Å²) in [5.74, 6) is 0.873. The van der Waals surface area contributed by atoms with Crippen LogP contribution in [-0.4, -0.2) is 43.6 Å². The molecule has 1 N–H and O–H groups in total. The first kappa shape index (κ1) is 18.9. The predicted octanol–water partition coefficient (Wildman–Crippen LogP) is 2.60. The zero-order chi connectivity index (χ0) is 20.1. The van der Waals surface area contributed by atoms with Crippen molar-refractivity contribution in [2.75, 3.05) is 12.9 Å². The number of carbonyl (C=O) groups is 1. The molecule has 0 aliphatic heterocycles.